The molecule has 0 bridgehead atoms. The van der Waals surface area contributed by atoms with Crippen LogP contribution in [0.25, 0.3) is 10.8 Å². The summed E-state index contributed by atoms with van der Waals surface area (Å²) in [6, 6.07) is 9.38. The van der Waals surface area contributed by atoms with E-state index in [0.717, 1.165) is 49.1 Å². The number of benzene rings is 2. The fraction of sp³-hybridized carbons (Fsp3) is 0.429. The Labute approximate surface area is 165 Å². The van der Waals surface area contributed by atoms with E-state index in [1.807, 2.05) is 31.2 Å². The minimum Gasteiger partial charge on any atom is -0.383 e. The van der Waals surface area contributed by atoms with E-state index in [9.17, 15) is 9.59 Å². The van der Waals surface area contributed by atoms with Crippen LogP contribution < -0.4 is 16.8 Å². The first-order valence-electron chi connectivity index (χ1n) is 9.90. The molecule has 1 aliphatic rings. The van der Waals surface area contributed by atoms with Crippen molar-refractivity contribution in [3.8, 4) is 0 Å². The molecule has 1 heterocycles. The van der Waals surface area contributed by atoms with Gasteiger partial charge in [0.25, 0.3) is 11.8 Å². The van der Waals surface area contributed by atoms with Crippen molar-refractivity contribution in [2.24, 2.45) is 11.5 Å². The highest BCUT2D eigenvalue weighted by atomic mass is 16.2. The molecular weight excluding hydrogens is 354 g/mol. The summed E-state index contributed by atoms with van der Waals surface area (Å²) >= 11 is 0. The van der Waals surface area contributed by atoms with Gasteiger partial charge in [-0.2, -0.15) is 0 Å². The number of nitrogens with one attached hydrogen (secondary N) is 1. The zero-order valence-electron chi connectivity index (χ0n) is 16.4. The largest absolute Gasteiger partial charge is 0.383 e. The van der Waals surface area contributed by atoms with Gasteiger partial charge in [-0.05, 0) is 24.6 Å². The van der Waals surface area contributed by atoms with Gasteiger partial charge < -0.3 is 16.8 Å². The number of nitrogens with zero attached hydrogens (tertiary/aromatic N) is 2. The van der Waals surface area contributed by atoms with Crippen LogP contribution in [0.3, 0.4) is 0 Å². The fourth-order valence-electron chi connectivity index (χ4n) is 3.78. The van der Waals surface area contributed by atoms with E-state index in [4.69, 9.17) is 11.5 Å². The molecular formula is C21H29N5O2. The first-order valence-corrected chi connectivity index (χ1v) is 9.90. The Morgan fingerprint density at radius 2 is 1.64 bits per heavy atom. The maximum atomic E-state index is 12.8. The summed E-state index contributed by atoms with van der Waals surface area (Å²) in [6.07, 6.45) is 0.741. The summed E-state index contributed by atoms with van der Waals surface area (Å²) in [5, 5.41) is 5.09. The zero-order valence-corrected chi connectivity index (χ0v) is 16.4. The summed E-state index contributed by atoms with van der Waals surface area (Å²) in [5.74, 6) is -0.418. The number of imide groups is 1. The smallest absolute Gasteiger partial charge is 0.261 e. The van der Waals surface area contributed by atoms with Crippen molar-refractivity contribution in [3.63, 3.8) is 0 Å². The Kier molecular flexibility index (Phi) is 6.61. The molecule has 0 saturated heterocycles. The second-order valence-electron chi connectivity index (χ2n) is 7.00. The molecule has 7 heteroatoms. The van der Waals surface area contributed by atoms with Crippen LogP contribution in [0.2, 0.25) is 0 Å². The van der Waals surface area contributed by atoms with Gasteiger partial charge in [0.05, 0.1) is 0 Å². The number of amides is 2. The zero-order chi connectivity index (χ0) is 20.1. The summed E-state index contributed by atoms with van der Waals surface area (Å²) < 4.78 is 0. The number of anilines is 1. The second kappa shape index (κ2) is 9.14. The van der Waals surface area contributed by atoms with E-state index in [-0.39, 0.29) is 11.8 Å². The van der Waals surface area contributed by atoms with Gasteiger partial charge in [0.15, 0.2) is 0 Å². The van der Waals surface area contributed by atoms with Crippen molar-refractivity contribution in [1.82, 2.24) is 9.80 Å². The lowest BCUT2D eigenvalue weighted by atomic mass is 9.93. The Morgan fingerprint density at radius 3 is 2.29 bits per heavy atom. The van der Waals surface area contributed by atoms with Gasteiger partial charge >= 0.3 is 0 Å². The SMILES string of the molecule is CCCN1C(=O)c2cccc3c(NCCN(CCN)CCN)ccc(c23)C1=O. The average Bonchev–Trinajstić information content (AvgIpc) is 2.70. The standard InChI is InChI=1S/C21H29N5O2/c1-2-11-26-20(27)16-5-3-4-15-18(7-6-17(19(15)16)21(26)28)24-10-14-25(12-8-22)13-9-23/h3-7,24H,2,8-14,22-23H2,1H3. The predicted molar refractivity (Wildman–Crippen MR) is 113 cm³/mol. The van der Waals surface area contributed by atoms with Crippen molar-refractivity contribution < 1.29 is 9.59 Å². The monoisotopic (exact) mass is 383 g/mol. The third kappa shape index (κ3) is 3.87. The van der Waals surface area contributed by atoms with Crippen molar-refractivity contribution in [2.75, 3.05) is 51.1 Å². The number of nitrogens with two attached hydrogens (primary N) is 2. The van der Waals surface area contributed by atoms with Crippen LogP contribution in [0.5, 0.6) is 0 Å². The van der Waals surface area contributed by atoms with Gasteiger partial charge in [0.2, 0.25) is 0 Å². The van der Waals surface area contributed by atoms with Crippen molar-refractivity contribution in [3.05, 3.63) is 41.5 Å². The number of carbonyl (C=O) groups is 2. The third-order valence-electron chi connectivity index (χ3n) is 5.07. The van der Waals surface area contributed by atoms with E-state index in [0.29, 0.717) is 30.8 Å². The fourth-order valence-corrected chi connectivity index (χ4v) is 3.78. The van der Waals surface area contributed by atoms with Crippen LogP contribution >= 0.6 is 0 Å². The molecule has 28 heavy (non-hydrogen) atoms. The van der Waals surface area contributed by atoms with Crippen molar-refractivity contribution in [2.45, 2.75) is 13.3 Å². The minimum atomic E-state index is -0.209. The number of carbonyl (C=O) groups excluding carboxylic acids is 2. The maximum Gasteiger partial charge on any atom is 0.261 e. The Bertz CT molecular complexity index is 839. The molecule has 0 atom stereocenters. The quantitative estimate of drug-likeness (QED) is 0.537. The molecule has 1 aliphatic heterocycles. The molecule has 0 saturated carbocycles. The number of rotatable bonds is 10. The molecule has 0 aromatic heterocycles. The molecule has 5 N–H and O–H groups in total. The molecule has 150 valence electrons. The van der Waals surface area contributed by atoms with E-state index in [1.54, 1.807) is 6.07 Å². The van der Waals surface area contributed by atoms with Crippen molar-refractivity contribution >= 4 is 28.3 Å². The molecule has 0 unspecified atom stereocenters. The Hall–Kier alpha value is -2.48. The normalized spacial score (nSPS) is 13.6. The summed E-state index contributed by atoms with van der Waals surface area (Å²) in [7, 11) is 0. The van der Waals surface area contributed by atoms with Crippen molar-refractivity contribution in [1.29, 1.82) is 0 Å². The Morgan fingerprint density at radius 1 is 0.964 bits per heavy atom. The highest BCUT2D eigenvalue weighted by Crippen LogP contribution is 2.34. The molecule has 0 aliphatic carbocycles. The van der Waals surface area contributed by atoms with Crippen LogP contribution in [-0.2, 0) is 0 Å². The Balaban J connectivity index is 1.87. The second-order valence-corrected chi connectivity index (χ2v) is 7.00. The molecule has 7 nitrogen and oxygen atoms in total. The van der Waals surface area contributed by atoms with Gasteiger partial charge in [0.1, 0.15) is 0 Å². The summed E-state index contributed by atoms with van der Waals surface area (Å²) in [4.78, 5) is 29.2. The summed E-state index contributed by atoms with van der Waals surface area (Å²) in [6.45, 7) is 6.74. The van der Waals surface area contributed by atoms with E-state index in [2.05, 4.69) is 10.2 Å². The van der Waals surface area contributed by atoms with Crippen LogP contribution in [-0.4, -0.2) is 67.4 Å². The molecule has 3 rings (SSSR count). The molecule has 0 spiro atoms. The lowest BCUT2D eigenvalue weighted by Gasteiger charge is -2.27. The van der Waals surface area contributed by atoms with Gasteiger partial charge in [0, 0.05) is 73.4 Å². The lowest BCUT2D eigenvalue weighted by molar-refractivity contribution is 0.0610. The first kappa shape index (κ1) is 20.3. The van der Waals surface area contributed by atoms with Gasteiger partial charge in [-0.25, -0.2) is 0 Å². The van der Waals surface area contributed by atoms with Crippen LogP contribution in [0, 0.1) is 0 Å². The molecule has 2 aromatic rings. The van der Waals surface area contributed by atoms with Crippen LogP contribution in [0.1, 0.15) is 34.1 Å². The topological polar surface area (TPSA) is 105 Å². The maximum absolute atomic E-state index is 12.8. The predicted octanol–water partition coefficient (Wildman–Crippen LogP) is 1.48. The highest BCUT2D eigenvalue weighted by molar-refractivity contribution is 6.26. The van der Waals surface area contributed by atoms with Gasteiger partial charge in [-0.1, -0.05) is 19.1 Å². The number of hydrogen-bond donors (Lipinski definition) is 3. The van der Waals surface area contributed by atoms with E-state index < -0.39 is 0 Å². The minimum absolute atomic E-state index is 0.209. The van der Waals surface area contributed by atoms with Crippen LogP contribution in [0.15, 0.2) is 30.3 Å². The molecule has 0 fully saturated rings. The number of hydrogen-bond acceptors (Lipinski definition) is 6. The van der Waals surface area contributed by atoms with Gasteiger partial charge in [-0.3, -0.25) is 19.4 Å². The average molecular weight is 383 g/mol. The molecule has 0 radical (unpaired) electrons. The van der Waals surface area contributed by atoms with E-state index >= 15 is 0 Å². The van der Waals surface area contributed by atoms with Crippen LogP contribution in [0.4, 0.5) is 5.69 Å². The van der Waals surface area contributed by atoms with Gasteiger partial charge in [-0.15, -0.1) is 0 Å². The lowest BCUT2D eigenvalue weighted by Crippen LogP contribution is -2.40. The molecule has 2 amide bonds. The highest BCUT2D eigenvalue weighted by Gasteiger charge is 2.32. The molecule has 2 aromatic carbocycles. The van der Waals surface area contributed by atoms with E-state index in [1.165, 1.54) is 4.90 Å². The summed E-state index contributed by atoms with van der Waals surface area (Å²) in [5.41, 5.74) is 13.4. The third-order valence-corrected chi connectivity index (χ3v) is 5.07. The first-order chi connectivity index (χ1) is 13.6.